The molecule has 1 saturated heterocycles. The van der Waals surface area contributed by atoms with E-state index >= 15 is 0 Å². The number of nitrogens with one attached hydrogen (secondary N) is 2. The number of rotatable bonds is 6. The van der Waals surface area contributed by atoms with Crippen molar-refractivity contribution >= 4 is 34.4 Å². The number of hydrogen-bond donors (Lipinski definition) is 2. The highest BCUT2D eigenvalue weighted by atomic mass is 16.5. The number of methoxy groups -OCH3 is 1. The van der Waals surface area contributed by atoms with Gasteiger partial charge in [-0.3, -0.25) is 14.5 Å². The molecule has 0 bridgehead atoms. The number of urea groups is 1. The van der Waals surface area contributed by atoms with Crippen molar-refractivity contribution in [2.45, 2.75) is 19.0 Å². The quantitative estimate of drug-likeness (QED) is 0.616. The number of aromatic nitrogens is 1. The molecule has 8 heteroatoms. The third-order valence-corrected chi connectivity index (χ3v) is 5.17. The van der Waals surface area contributed by atoms with E-state index in [1.54, 1.807) is 31.4 Å². The van der Waals surface area contributed by atoms with E-state index in [9.17, 15) is 14.4 Å². The number of benzene rings is 2. The molecule has 4 amide bonds. The molecule has 1 aromatic heterocycles. The Labute approximate surface area is 173 Å². The highest BCUT2D eigenvalue weighted by Gasteiger charge is 2.39. The fourth-order valence-corrected chi connectivity index (χ4v) is 3.52. The second kappa shape index (κ2) is 7.90. The van der Waals surface area contributed by atoms with Gasteiger partial charge < -0.3 is 19.9 Å². The molecule has 1 atom stereocenters. The van der Waals surface area contributed by atoms with Crippen LogP contribution in [0.15, 0.2) is 54.7 Å². The van der Waals surface area contributed by atoms with Gasteiger partial charge in [-0.25, -0.2) is 4.79 Å². The summed E-state index contributed by atoms with van der Waals surface area (Å²) in [5.41, 5.74) is 2.42. The van der Waals surface area contributed by atoms with E-state index in [-0.39, 0.29) is 18.9 Å². The van der Waals surface area contributed by atoms with Crippen molar-refractivity contribution in [3.8, 4) is 5.75 Å². The van der Waals surface area contributed by atoms with Crippen LogP contribution in [0.2, 0.25) is 0 Å². The molecule has 2 N–H and O–H groups in total. The number of amides is 4. The van der Waals surface area contributed by atoms with E-state index in [1.807, 2.05) is 42.1 Å². The van der Waals surface area contributed by atoms with Crippen LogP contribution >= 0.6 is 0 Å². The average Bonchev–Trinajstić information content (AvgIpc) is 3.23. The van der Waals surface area contributed by atoms with Gasteiger partial charge in [0, 0.05) is 24.4 Å². The molecule has 1 aliphatic heterocycles. The van der Waals surface area contributed by atoms with Crippen LogP contribution in [0.1, 0.15) is 12.0 Å². The number of imide groups is 1. The molecular formula is C22H22N4O4. The van der Waals surface area contributed by atoms with E-state index in [4.69, 9.17) is 4.74 Å². The smallest absolute Gasteiger partial charge is 0.325 e. The van der Waals surface area contributed by atoms with Crippen molar-refractivity contribution in [1.29, 1.82) is 0 Å². The summed E-state index contributed by atoms with van der Waals surface area (Å²) < 4.78 is 7.07. The summed E-state index contributed by atoms with van der Waals surface area (Å²) in [5, 5.41) is 6.47. The van der Waals surface area contributed by atoms with Gasteiger partial charge in [0.05, 0.1) is 20.1 Å². The Kier molecular flexibility index (Phi) is 5.14. The Morgan fingerprint density at radius 3 is 2.63 bits per heavy atom. The molecule has 0 saturated carbocycles. The first-order valence-corrected chi connectivity index (χ1v) is 9.54. The van der Waals surface area contributed by atoms with Crippen LogP contribution in [0, 0.1) is 0 Å². The molecule has 154 valence electrons. The molecule has 1 fully saturated rings. The minimum atomic E-state index is -0.880. The van der Waals surface area contributed by atoms with Gasteiger partial charge in [0.15, 0.2) is 0 Å². The third kappa shape index (κ3) is 3.84. The number of hydrogen-bond acceptors (Lipinski definition) is 4. The van der Waals surface area contributed by atoms with Crippen molar-refractivity contribution in [2.24, 2.45) is 7.05 Å². The number of carbonyl (C=O) groups excluding carboxylic acids is 3. The summed E-state index contributed by atoms with van der Waals surface area (Å²) in [7, 11) is 3.50. The number of anilines is 1. The van der Waals surface area contributed by atoms with Crippen LogP contribution in [-0.4, -0.2) is 40.5 Å². The van der Waals surface area contributed by atoms with E-state index in [0.29, 0.717) is 11.4 Å². The molecule has 8 nitrogen and oxygen atoms in total. The van der Waals surface area contributed by atoms with Crippen molar-refractivity contribution < 1.29 is 19.1 Å². The first kappa shape index (κ1) is 19.5. The van der Waals surface area contributed by atoms with Crippen molar-refractivity contribution in [2.75, 3.05) is 12.4 Å². The molecule has 4 rings (SSSR count). The molecule has 2 aromatic carbocycles. The first-order valence-electron chi connectivity index (χ1n) is 9.54. The van der Waals surface area contributed by atoms with Crippen LogP contribution in [0.4, 0.5) is 10.5 Å². The van der Waals surface area contributed by atoms with Gasteiger partial charge in [0.2, 0.25) is 5.91 Å². The molecule has 3 aromatic rings. The highest BCUT2D eigenvalue weighted by molar-refractivity contribution is 6.07. The lowest BCUT2D eigenvalue weighted by atomic mass is 10.1. The average molecular weight is 406 g/mol. The number of fused-ring (bicyclic) bond motifs is 1. The fourth-order valence-electron chi connectivity index (χ4n) is 3.52. The minimum Gasteiger partial charge on any atom is -0.497 e. The predicted molar refractivity (Wildman–Crippen MR) is 112 cm³/mol. The molecule has 0 spiro atoms. The molecular weight excluding hydrogens is 384 g/mol. The van der Waals surface area contributed by atoms with Gasteiger partial charge >= 0.3 is 6.03 Å². The summed E-state index contributed by atoms with van der Waals surface area (Å²) in [4.78, 5) is 38.5. The first-order chi connectivity index (χ1) is 14.4. The van der Waals surface area contributed by atoms with Crippen LogP contribution in [0.3, 0.4) is 0 Å². The Morgan fingerprint density at radius 1 is 1.13 bits per heavy atom. The van der Waals surface area contributed by atoms with Crippen LogP contribution in [0.25, 0.3) is 10.9 Å². The number of aryl methyl sites for hydroxylation is 1. The minimum absolute atomic E-state index is 0.130. The Bertz CT molecular complexity index is 1120. The second-order valence-electron chi connectivity index (χ2n) is 7.23. The van der Waals surface area contributed by atoms with Gasteiger partial charge in [-0.05, 0) is 41.3 Å². The summed E-state index contributed by atoms with van der Waals surface area (Å²) in [6, 6.07) is 13.3. The van der Waals surface area contributed by atoms with Crippen molar-refractivity contribution in [3.05, 3.63) is 60.3 Å². The van der Waals surface area contributed by atoms with E-state index < -0.39 is 18.0 Å². The fraction of sp³-hybridized carbons (Fsp3) is 0.227. The Morgan fingerprint density at radius 2 is 1.90 bits per heavy atom. The summed E-state index contributed by atoms with van der Waals surface area (Å²) >= 11 is 0. The molecule has 1 aliphatic rings. The zero-order chi connectivity index (χ0) is 21.3. The third-order valence-electron chi connectivity index (χ3n) is 5.17. The lowest BCUT2D eigenvalue weighted by Crippen LogP contribution is -2.34. The zero-order valence-corrected chi connectivity index (χ0v) is 16.7. The van der Waals surface area contributed by atoms with E-state index in [0.717, 1.165) is 21.4 Å². The molecule has 0 aliphatic carbocycles. The molecule has 0 unspecified atom stereocenters. The maximum Gasteiger partial charge on any atom is 0.325 e. The molecule has 0 radical (unpaired) electrons. The maximum atomic E-state index is 12.7. The molecule has 2 heterocycles. The Hall–Kier alpha value is -3.81. The maximum absolute atomic E-state index is 12.7. The monoisotopic (exact) mass is 406 g/mol. The number of carbonyl (C=O) groups is 3. The van der Waals surface area contributed by atoms with Gasteiger partial charge in [-0.2, -0.15) is 0 Å². The molecule has 30 heavy (non-hydrogen) atoms. The summed E-state index contributed by atoms with van der Waals surface area (Å²) in [6.45, 7) is 0.136. The highest BCUT2D eigenvalue weighted by Crippen LogP contribution is 2.21. The second-order valence-corrected chi connectivity index (χ2v) is 7.23. The van der Waals surface area contributed by atoms with Crippen LogP contribution < -0.4 is 15.4 Å². The lowest BCUT2D eigenvalue weighted by Gasteiger charge is -2.13. The van der Waals surface area contributed by atoms with Crippen LogP contribution in [-0.2, 0) is 23.2 Å². The van der Waals surface area contributed by atoms with Gasteiger partial charge in [-0.1, -0.05) is 18.2 Å². The Balaban J connectivity index is 1.39. The topological polar surface area (TPSA) is 92.7 Å². The predicted octanol–water partition coefficient (Wildman–Crippen LogP) is 2.64. The number of ether oxygens (including phenoxy) is 1. The van der Waals surface area contributed by atoms with Crippen molar-refractivity contribution in [1.82, 2.24) is 14.8 Å². The van der Waals surface area contributed by atoms with Gasteiger partial charge in [0.1, 0.15) is 11.8 Å². The zero-order valence-electron chi connectivity index (χ0n) is 16.7. The van der Waals surface area contributed by atoms with Gasteiger partial charge in [-0.15, -0.1) is 0 Å². The number of nitrogens with zero attached hydrogens (tertiary/aromatic N) is 2. The lowest BCUT2D eigenvalue weighted by molar-refractivity contribution is -0.130. The summed E-state index contributed by atoms with van der Waals surface area (Å²) in [6.07, 6.45) is 1.81. The van der Waals surface area contributed by atoms with Crippen molar-refractivity contribution in [3.63, 3.8) is 0 Å². The standard InChI is InChI=1S/C22H22N4O4/c1-25-10-9-15-5-6-16(11-19(15)25)23-20(27)12-18-21(28)26(22(29)24-18)13-14-3-7-17(30-2)8-4-14/h3-11,18H,12-13H2,1-2H3,(H,23,27)(H,24,29)/t18-/m1/s1. The summed E-state index contributed by atoms with van der Waals surface area (Å²) in [5.74, 6) is -0.0589. The van der Waals surface area contributed by atoms with Gasteiger partial charge in [0.25, 0.3) is 5.91 Å². The van der Waals surface area contributed by atoms with Crippen LogP contribution in [0.5, 0.6) is 5.75 Å². The largest absolute Gasteiger partial charge is 0.497 e. The SMILES string of the molecule is COc1ccc(CN2C(=O)N[C@H](CC(=O)Nc3ccc4ccn(C)c4c3)C2=O)cc1. The van der Waals surface area contributed by atoms with E-state index in [2.05, 4.69) is 10.6 Å². The normalized spacial score (nSPS) is 16.1. The van der Waals surface area contributed by atoms with E-state index in [1.165, 1.54) is 0 Å².